The van der Waals surface area contributed by atoms with Gasteiger partial charge in [-0.2, -0.15) is 0 Å². The van der Waals surface area contributed by atoms with Crippen LogP contribution in [0.15, 0.2) is 12.1 Å². The summed E-state index contributed by atoms with van der Waals surface area (Å²) < 4.78 is 14.0. The Morgan fingerprint density at radius 2 is 2.15 bits per heavy atom. The van der Waals surface area contributed by atoms with Crippen LogP contribution in [0.25, 0.3) is 0 Å². The van der Waals surface area contributed by atoms with Crippen molar-refractivity contribution in [3.05, 3.63) is 29.1 Å². The molecule has 0 saturated heterocycles. The molecule has 20 heavy (non-hydrogen) atoms. The quantitative estimate of drug-likeness (QED) is 0.814. The molecule has 0 radical (unpaired) electrons. The maximum atomic E-state index is 14.0. The number of nitrogens with two attached hydrogens (primary N) is 1. The molecule has 0 aromatic heterocycles. The summed E-state index contributed by atoms with van der Waals surface area (Å²) in [6, 6.07) is 3.06. The van der Waals surface area contributed by atoms with Gasteiger partial charge in [-0.15, -0.1) is 0 Å². The van der Waals surface area contributed by atoms with Gasteiger partial charge in [0.1, 0.15) is 5.82 Å². The number of rotatable bonds is 2. The summed E-state index contributed by atoms with van der Waals surface area (Å²) in [5, 5.41) is 2.95. The van der Waals surface area contributed by atoms with Gasteiger partial charge in [0.2, 0.25) is 0 Å². The second kappa shape index (κ2) is 5.43. The third kappa shape index (κ3) is 3.30. The van der Waals surface area contributed by atoms with Gasteiger partial charge in [-0.25, -0.2) is 4.39 Å². The van der Waals surface area contributed by atoms with Gasteiger partial charge in [0.05, 0.1) is 5.56 Å². The second-order valence-corrected chi connectivity index (χ2v) is 6.63. The number of nitrogen functional groups attached to an aromatic ring is 1. The Hall–Kier alpha value is -1.58. The molecule has 1 unspecified atom stereocenters. The zero-order valence-corrected chi connectivity index (χ0v) is 12.4. The van der Waals surface area contributed by atoms with Crippen molar-refractivity contribution in [3.63, 3.8) is 0 Å². The predicted octanol–water partition coefficient (Wildman–Crippen LogP) is 3.41. The molecule has 0 heterocycles. The van der Waals surface area contributed by atoms with E-state index in [4.69, 9.17) is 5.73 Å². The van der Waals surface area contributed by atoms with Crippen LogP contribution < -0.4 is 11.1 Å². The van der Waals surface area contributed by atoms with Crippen molar-refractivity contribution in [2.45, 2.75) is 52.5 Å². The van der Waals surface area contributed by atoms with E-state index in [9.17, 15) is 9.18 Å². The molecule has 2 rings (SSSR count). The van der Waals surface area contributed by atoms with E-state index >= 15 is 0 Å². The molecule has 1 amide bonds. The van der Waals surface area contributed by atoms with Gasteiger partial charge in [0.15, 0.2) is 0 Å². The molecule has 0 spiro atoms. The zero-order valence-electron chi connectivity index (χ0n) is 12.4. The van der Waals surface area contributed by atoms with Crippen LogP contribution in [-0.2, 0) is 0 Å². The van der Waals surface area contributed by atoms with Gasteiger partial charge in [0.25, 0.3) is 5.91 Å². The average molecular weight is 278 g/mol. The number of anilines is 1. The first-order chi connectivity index (χ1) is 9.28. The predicted molar refractivity (Wildman–Crippen MR) is 79.1 cm³/mol. The highest BCUT2D eigenvalue weighted by molar-refractivity contribution is 5.95. The lowest BCUT2D eigenvalue weighted by Crippen LogP contribution is -2.41. The minimum Gasteiger partial charge on any atom is -0.399 e. The summed E-state index contributed by atoms with van der Waals surface area (Å²) >= 11 is 0. The van der Waals surface area contributed by atoms with E-state index in [0.717, 1.165) is 19.3 Å². The highest BCUT2D eigenvalue weighted by Crippen LogP contribution is 2.35. The van der Waals surface area contributed by atoms with Crippen molar-refractivity contribution in [1.29, 1.82) is 0 Å². The molecule has 1 saturated carbocycles. The van der Waals surface area contributed by atoms with Gasteiger partial charge in [-0.3, -0.25) is 4.79 Å². The Morgan fingerprint density at radius 1 is 1.45 bits per heavy atom. The third-order valence-corrected chi connectivity index (χ3v) is 4.06. The van der Waals surface area contributed by atoms with Crippen molar-refractivity contribution in [2.24, 2.45) is 5.41 Å². The van der Waals surface area contributed by atoms with Crippen LogP contribution in [0.1, 0.15) is 55.5 Å². The maximum absolute atomic E-state index is 14.0. The summed E-state index contributed by atoms with van der Waals surface area (Å²) in [7, 11) is 0. The van der Waals surface area contributed by atoms with Crippen LogP contribution in [0.2, 0.25) is 0 Å². The van der Waals surface area contributed by atoms with E-state index in [0.29, 0.717) is 11.3 Å². The molecule has 4 heteroatoms. The molecule has 3 nitrogen and oxygen atoms in total. The number of hydrogen-bond acceptors (Lipinski definition) is 2. The first kappa shape index (κ1) is 14.8. The second-order valence-electron chi connectivity index (χ2n) is 6.63. The lowest BCUT2D eigenvalue weighted by molar-refractivity contribution is 0.0898. The van der Waals surface area contributed by atoms with Crippen molar-refractivity contribution in [1.82, 2.24) is 5.32 Å². The fourth-order valence-electron chi connectivity index (χ4n) is 3.05. The van der Waals surface area contributed by atoms with E-state index in [2.05, 4.69) is 19.2 Å². The fraction of sp³-hybridized carbons (Fsp3) is 0.562. The van der Waals surface area contributed by atoms with Gasteiger partial charge in [-0.1, -0.05) is 20.3 Å². The fourth-order valence-corrected chi connectivity index (χ4v) is 3.05. The Balaban J connectivity index is 2.13. The molecule has 0 aliphatic heterocycles. The first-order valence-electron chi connectivity index (χ1n) is 7.15. The van der Waals surface area contributed by atoms with E-state index in [-0.39, 0.29) is 22.9 Å². The summed E-state index contributed by atoms with van der Waals surface area (Å²) in [5.41, 5.74) is 6.80. The number of aryl methyl sites for hydroxylation is 1. The molecule has 110 valence electrons. The molecular formula is C16H23FN2O. The number of carbonyl (C=O) groups excluding carboxylic acids is 1. The van der Waals surface area contributed by atoms with Crippen LogP contribution >= 0.6 is 0 Å². The monoisotopic (exact) mass is 278 g/mol. The molecular weight excluding hydrogens is 255 g/mol. The highest BCUT2D eigenvalue weighted by atomic mass is 19.1. The Kier molecular flexibility index (Phi) is 4.02. The molecule has 0 bridgehead atoms. The first-order valence-corrected chi connectivity index (χ1v) is 7.15. The molecule has 1 aromatic carbocycles. The smallest absolute Gasteiger partial charge is 0.254 e. The van der Waals surface area contributed by atoms with Crippen molar-refractivity contribution < 1.29 is 9.18 Å². The zero-order chi connectivity index (χ0) is 14.9. The number of benzene rings is 1. The van der Waals surface area contributed by atoms with Gasteiger partial charge >= 0.3 is 0 Å². The van der Waals surface area contributed by atoms with E-state index in [1.54, 1.807) is 6.92 Å². The lowest BCUT2D eigenvalue weighted by Gasteiger charge is -2.35. The number of amides is 1. The van der Waals surface area contributed by atoms with Crippen molar-refractivity contribution >= 4 is 11.6 Å². The molecule has 3 N–H and O–H groups in total. The standard InChI is InChI=1S/C16H23FN2O/c1-10-7-11(18)8-13(14(10)17)15(20)19-12-5-4-6-16(2,3)9-12/h7-8,12H,4-6,9,18H2,1-3H3,(H,19,20). The van der Waals surface area contributed by atoms with Crippen LogP contribution in [0.3, 0.4) is 0 Å². The Labute approximate surface area is 119 Å². The maximum Gasteiger partial charge on any atom is 0.254 e. The lowest BCUT2D eigenvalue weighted by atomic mass is 9.75. The number of halogens is 1. The summed E-state index contributed by atoms with van der Waals surface area (Å²) in [4.78, 5) is 12.2. The van der Waals surface area contributed by atoms with Gasteiger partial charge in [-0.05, 0) is 49.3 Å². The van der Waals surface area contributed by atoms with Crippen molar-refractivity contribution in [2.75, 3.05) is 5.73 Å². The minimum absolute atomic E-state index is 0.0471. The summed E-state index contributed by atoms with van der Waals surface area (Å²) in [5.74, 6) is -0.840. The molecule has 1 aliphatic carbocycles. The number of carbonyl (C=O) groups is 1. The Bertz CT molecular complexity index is 525. The minimum atomic E-state index is -0.480. The Morgan fingerprint density at radius 3 is 2.80 bits per heavy atom. The largest absolute Gasteiger partial charge is 0.399 e. The third-order valence-electron chi connectivity index (χ3n) is 4.06. The van der Waals surface area contributed by atoms with Crippen LogP contribution in [-0.4, -0.2) is 11.9 Å². The topological polar surface area (TPSA) is 55.1 Å². The molecule has 1 aromatic rings. The van der Waals surface area contributed by atoms with Gasteiger partial charge in [0, 0.05) is 11.7 Å². The summed E-state index contributed by atoms with van der Waals surface area (Å²) in [6.07, 6.45) is 4.15. The molecule has 1 aliphatic rings. The van der Waals surface area contributed by atoms with Crippen LogP contribution in [0.5, 0.6) is 0 Å². The van der Waals surface area contributed by atoms with Crippen LogP contribution in [0, 0.1) is 18.2 Å². The molecule has 1 atom stereocenters. The summed E-state index contributed by atoms with van der Waals surface area (Å²) in [6.45, 7) is 6.03. The van der Waals surface area contributed by atoms with Crippen LogP contribution in [0.4, 0.5) is 10.1 Å². The van der Waals surface area contributed by atoms with E-state index in [1.165, 1.54) is 18.6 Å². The normalized spacial score (nSPS) is 21.5. The van der Waals surface area contributed by atoms with Crippen molar-refractivity contribution in [3.8, 4) is 0 Å². The SMILES string of the molecule is Cc1cc(N)cc(C(=O)NC2CCCC(C)(C)C2)c1F. The number of nitrogens with one attached hydrogen (secondary N) is 1. The molecule has 1 fully saturated rings. The van der Waals surface area contributed by atoms with E-state index in [1.807, 2.05) is 0 Å². The number of hydrogen-bond donors (Lipinski definition) is 2. The highest BCUT2D eigenvalue weighted by Gasteiger charge is 2.29. The van der Waals surface area contributed by atoms with E-state index < -0.39 is 5.82 Å². The van der Waals surface area contributed by atoms with Gasteiger partial charge < -0.3 is 11.1 Å². The average Bonchev–Trinajstić information content (AvgIpc) is 2.32.